The number of carbonyl (C=O) groups excluding carboxylic acids is 1. The fourth-order valence-corrected chi connectivity index (χ4v) is 4.25. The molecule has 2 amide bonds. The Labute approximate surface area is 177 Å². The third-order valence-corrected chi connectivity index (χ3v) is 5.71. The Kier molecular flexibility index (Phi) is 5.74. The van der Waals surface area contributed by atoms with Crippen molar-refractivity contribution < 1.29 is 14.3 Å². The summed E-state index contributed by atoms with van der Waals surface area (Å²) >= 11 is 5.83. The number of benzene rings is 2. The molecule has 1 aliphatic carbocycles. The number of aryl methyl sites for hydroxylation is 1. The van der Waals surface area contributed by atoms with Crippen LogP contribution in [0.5, 0.6) is 0 Å². The highest BCUT2D eigenvalue weighted by atomic mass is 35.5. The molecule has 0 unspecified atom stereocenters. The molecule has 6 nitrogen and oxygen atoms in total. The molecule has 0 fully saturated rings. The molecule has 8 heteroatoms. The minimum Gasteiger partial charge on any atom is -0.396 e. The lowest BCUT2D eigenvalue weighted by molar-refractivity contribution is 0.177. The predicted molar refractivity (Wildman–Crippen MR) is 114 cm³/mol. The highest BCUT2D eigenvalue weighted by Gasteiger charge is 2.33. The number of H-pyrrole nitrogens is 1. The molecule has 0 saturated carbocycles. The van der Waals surface area contributed by atoms with Gasteiger partial charge in [0.15, 0.2) is 0 Å². The second-order valence-corrected chi connectivity index (χ2v) is 7.68. The Morgan fingerprint density at radius 1 is 1.27 bits per heavy atom. The summed E-state index contributed by atoms with van der Waals surface area (Å²) in [5, 5.41) is 13.4. The van der Waals surface area contributed by atoms with Gasteiger partial charge in [0.2, 0.25) is 0 Å². The van der Waals surface area contributed by atoms with Crippen molar-refractivity contribution in [2.45, 2.75) is 25.3 Å². The Balaban J connectivity index is 1.70. The van der Waals surface area contributed by atoms with Gasteiger partial charge in [0.05, 0.1) is 11.1 Å². The molecular formula is C22H21ClFN3O3. The maximum Gasteiger partial charge on any atom is 0.322 e. The smallest absolute Gasteiger partial charge is 0.322 e. The van der Waals surface area contributed by atoms with Gasteiger partial charge in [0.25, 0.3) is 5.56 Å². The van der Waals surface area contributed by atoms with E-state index in [-0.39, 0.29) is 29.3 Å². The highest BCUT2D eigenvalue weighted by molar-refractivity contribution is 6.31. The maximum absolute atomic E-state index is 13.4. The summed E-state index contributed by atoms with van der Waals surface area (Å²) < 4.78 is 13.4. The summed E-state index contributed by atoms with van der Waals surface area (Å²) in [4.78, 5) is 30.1. The van der Waals surface area contributed by atoms with Crippen LogP contribution in [0, 0.1) is 5.82 Å². The fourth-order valence-electron chi connectivity index (χ4n) is 4.07. The number of anilines is 1. The van der Waals surface area contributed by atoms with E-state index in [1.807, 2.05) is 18.2 Å². The van der Waals surface area contributed by atoms with Crippen LogP contribution in [-0.2, 0) is 6.42 Å². The normalized spacial score (nSPS) is 15.2. The van der Waals surface area contributed by atoms with Crippen LogP contribution in [0.15, 0.2) is 47.3 Å². The number of aromatic nitrogens is 1. The van der Waals surface area contributed by atoms with Crippen LogP contribution < -0.4 is 10.9 Å². The van der Waals surface area contributed by atoms with Crippen molar-refractivity contribution in [3.63, 3.8) is 0 Å². The van der Waals surface area contributed by atoms with Gasteiger partial charge in [-0.05, 0) is 48.9 Å². The van der Waals surface area contributed by atoms with Crippen LogP contribution in [-0.4, -0.2) is 34.2 Å². The number of carbonyl (C=O) groups is 1. The Hall–Kier alpha value is -2.90. The summed E-state index contributed by atoms with van der Waals surface area (Å²) in [7, 11) is 0. The number of hydrogen-bond acceptors (Lipinski definition) is 3. The number of nitrogens with zero attached hydrogens (tertiary/aromatic N) is 1. The van der Waals surface area contributed by atoms with Gasteiger partial charge in [-0.3, -0.25) is 4.79 Å². The number of hydrogen-bond donors (Lipinski definition) is 3. The molecule has 3 N–H and O–H groups in total. The number of nitrogens with one attached hydrogen (secondary N) is 2. The topological polar surface area (TPSA) is 85.4 Å². The minimum absolute atomic E-state index is 0.0574. The molecule has 0 spiro atoms. The summed E-state index contributed by atoms with van der Waals surface area (Å²) in [6.07, 6.45) is 1.71. The van der Waals surface area contributed by atoms with Crippen LogP contribution in [0.4, 0.5) is 14.9 Å². The molecule has 2 aromatic carbocycles. The number of fused-ring (bicyclic) bond motifs is 3. The molecule has 3 aromatic rings. The zero-order valence-electron chi connectivity index (χ0n) is 16.1. The third kappa shape index (κ3) is 3.78. The molecule has 30 heavy (non-hydrogen) atoms. The Morgan fingerprint density at radius 3 is 2.77 bits per heavy atom. The van der Waals surface area contributed by atoms with Crippen LogP contribution in [0.3, 0.4) is 0 Å². The molecule has 1 aliphatic rings. The first kappa shape index (κ1) is 20.4. The summed E-state index contributed by atoms with van der Waals surface area (Å²) in [6, 6.07) is 10.7. The van der Waals surface area contributed by atoms with E-state index in [1.54, 1.807) is 11.0 Å². The number of aliphatic hydroxyl groups is 1. The summed E-state index contributed by atoms with van der Waals surface area (Å²) in [6.45, 7) is 0.271. The van der Waals surface area contributed by atoms with Crippen molar-refractivity contribution in [2.75, 3.05) is 18.5 Å². The first-order valence-corrected chi connectivity index (χ1v) is 10.1. The number of aromatic amines is 1. The molecule has 1 atom stereocenters. The second kappa shape index (κ2) is 8.45. The number of aliphatic hydroxyl groups excluding tert-OH is 1. The van der Waals surface area contributed by atoms with Gasteiger partial charge in [0.1, 0.15) is 5.82 Å². The van der Waals surface area contributed by atoms with E-state index in [4.69, 9.17) is 11.6 Å². The molecular weight excluding hydrogens is 409 g/mol. The van der Waals surface area contributed by atoms with Crippen LogP contribution in [0.1, 0.15) is 30.1 Å². The number of pyridine rings is 1. The number of urea groups is 1. The Morgan fingerprint density at radius 2 is 2.03 bits per heavy atom. The van der Waals surface area contributed by atoms with Gasteiger partial charge in [-0.2, -0.15) is 0 Å². The van der Waals surface area contributed by atoms with Crippen LogP contribution >= 0.6 is 11.6 Å². The zero-order chi connectivity index (χ0) is 21.3. The van der Waals surface area contributed by atoms with Gasteiger partial charge in [0, 0.05) is 35.5 Å². The monoisotopic (exact) mass is 429 g/mol. The van der Waals surface area contributed by atoms with Gasteiger partial charge in [-0.15, -0.1) is 0 Å². The molecule has 0 saturated heterocycles. The summed E-state index contributed by atoms with van der Waals surface area (Å²) in [5.74, 6) is -0.563. The van der Waals surface area contributed by atoms with Gasteiger partial charge < -0.3 is 20.3 Å². The lowest BCUT2D eigenvalue weighted by Crippen LogP contribution is -2.38. The van der Waals surface area contributed by atoms with Gasteiger partial charge >= 0.3 is 6.03 Å². The SMILES string of the molecule is O=C(Nc1ccc(F)c(Cl)c1)N(CCCO)[C@H]1CCc2[nH]c(=O)c3ccccc3c21. The van der Waals surface area contributed by atoms with E-state index in [1.165, 1.54) is 18.2 Å². The molecule has 156 valence electrons. The average Bonchev–Trinajstić information content (AvgIpc) is 3.15. The number of rotatable bonds is 5. The predicted octanol–water partition coefficient (Wildman–Crippen LogP) is 4.22. The van der Waals surface area contributed by atoms with E-state index in [0.717, 1.165) is 16.6 Å². The zero-order valence-corrected chi connectivity index (χ0v) is 16.9. The average molecular weight is 430 g/mol. The highest BCUT2D eigenvalue weighted by Crippen LogP contribution is 2.38. The van der Waals surface area contributed by atoms with E-state index in [2.05, 4.69) is 10.3 Å². The van der Waals surface area contributed by atoms with Crippen molar-refractivity contribution in [1.82, 2.24) is 9.88 Å². The van der Waals surface area contributed by atoms with Crippen LogP contribution in [0.2, 0.25) is 5.02 Å². The quantitative estimate of drug-likeness (QED) is 0.567. The largest absolute Gasteiger partial charge is 0.396 e. The fraction of sp³-hybridized carbons (Fsp3) is 0.273. The van der Waals surface area contributed by atoms with Crippen LogP contribution in [0.25, 0.3) is 10.8 Å². The minimum atomic E-state index is -0.563. The molecule has 0 aliphatic heterocycles. The molecule has 4 rings (SSSR count). The Bertz CT molecular complexity index is 1160. The summed E-state index contributed by atoms with van der Waals surface area (Å²) in [5.41, 5.74) is 1.99. The van der Waals surface area contributed by atoms with E-state index in [0.29, 0.717) is 36.9 Å². The molecule has 0 radical (unpaired) electrons. The lowest BCUT2D eigenvalue weighted by atomic mass is 10.0. The standard InChI is InChI=1S/C22H21ClFN3O3/c23-16-12-13(6-7-17(16)24)25-22(30)27(10-3-11-28)19-9-8-18-20(19)14-4-1-2-5-15(14)21(29)26-18/h1-2,4-7,12,19,28H,3,8-11H2,(H,25,30)(H,26,29)/t19-/m0/s1. The lowest BCUT2D eigenvalue weighted by Gasteiger charge is -2.30. The van der Waals surface area contributed by atoms with Crippen molar-refractivity contribution in [3.8, 4) is 0 Å². The molecule has 0 bridgehead atoms. The first-order valence-electron chi connectivity index (χ1n) is 9.77. The number of amides is 2. The van der Waals surface area contributed by atoms with E-state index in [9.17, 15) is 19.1 Å². The van der Waals surface area contributed by atoms with Crippen molar-refractivity contribution in [2.24, 2.45) is 0 Å². The maximum atomic E-state index is 13.4. The first-order chi connectivity index (χ1) is 14.5. The molecule has 1 aromatic heterocycles. The molecule has 1 heterocycles. The van der Waals surface area contributed by atoms with E-state index >= 15 is 0 Å². The van der Waals surface area contributed by atoms with Gasteiger partial charge in [-0.1, -0.05) is 29.8 Å². The van der Waals surface area contributed by atoms with Crippen molar-refractivity contribution in [3.05, 3.63) is 74.9 Å². The van der Waals surface area contributed by atoms with Crippen molar-refractivity contribution >= 4 is 34.1 Å². The second-order valence-electron chi connectivity index (χ2n) is 7.28. The number of halogens is 2. The van der Waals surface area contributed by atoms with Crippen molar-refractivity contribution in [1.29, 1.82) is 0 Å². The van der Waals surface area contributed by atoms with Gasteiger partial charge in [-0.25, -0.2) is 9.18 Å². The third-order valence-electron chi connectivity index (χ3n) is 5.42. The van der Waals surface area contributed by atoms with E-state index < -0.39 is 5.82 Å².